The smallest absolute Gasteiger partial charge is 0.0491 e. The molecule has 0 saturated carbocycles. The van der Waals surface area contributed by atoms with Gasteiger partial charge in [-0.15, -0.1) is 0 Å². The van der Waals surface area contributed by atoms with E-state index in [-0.39, 0.29) is 0 Å². The normalized spacial score (nSPS) is 21.4. The molecular weight excluding hydrogens is 258 g/mol. The zero-order chi connectivity index (χ0) is 9.97. The van der Waals surface area contributed by atoms with Crippen LogP contribution in [0.1, 0.15) is 12.0 Å². The van der Waals surface area contributed by atoms with Crippen molar-refractivity contribution in [1.82, 2.24) is 0 Å². The first kappa shape index (κ1) is 10.4. The second-order valence-electron chi connectivity index (χ2n) is 3.75. The van der Waals surface area contributed by atoms with Gasteiger partial charge in [0.05, 0.1) is 0 Å². The average Bonchev–Trinajstić information content (AvgIpc) is 2.66. The van der Waals surface area contributed by atoms with E-state index < -0.39 is 0 Å². The lowest BCUT2D eigenvalue weighted by atomic mass is 9.98. The highest BCUT2D eigenvalue weighted by Gasteiger charge is 2.17. The molecule has 1 aromatic rings. The van der Waals surface area contributed by atoms with E-state index in [1.54, 1.807) is 0 Å². The second kappa shape index (κ2) is 4.58. The maximum absolute atomic E-state index is 6.01. The van der Waals surface area contributed by atoms with Crippen molar-refractivity contribution in [3.63, 3.8) is 0 Å². The molecule has 76 valence electrons. The average molecular weight is 272 g/mol. The number of rotatable bonds is 2. The van der Waals surface area contributed by atoms with Crippen molar-refractivity contribution in [3.05, 3.63) is 28.2 Å². The molecule has 1 aliphatic rings. The monoisotopic (exact) mass is 271 g/mol. The highest BCUT2D eigenvalue weighted by molar-refractivity contribution is 9.10. The lowest BCUT2D eigenvalue weighted by Gasteiger charge is -2.11. The van der Waals surface area contributed by atoms with Crippen LogP contribution in [0.4, 0.5) is 5.69 Å². The van der Waals surface area contributed by atoms with Crippen molar-refractivity contribution in [1.29, 1.82) is 0 Å². The van der Waals surface area contributed by atoms with E-state index in [9.17, 15) is 0 Å². The predicted octanol–water partition coefficient (Wildman–Crippen LogP) is 3.33. The molecule has 0 aromatic heterocycles. The lowest BCUT2D eigenvalue weighted by molar-refractivity contribution is 0.597. The minimum Gasteiger partial charge on any atom is -0.398 e. The zero-order valence-electron chi connectivity index (χ0n) is 8.00. The van der Waals surface area contributed by atoms with E-state index in [4.69, 9.17) is 5.73 Å². The number of para-hydroxylation sites is 1. The number of anilines is 1. The third kappa shape index (κ3) is 2.26. The molecule has 0 radical (unpaired) electrons. The molecule has 0 aliphatic carbocycles. The number of thioether (sulfide) groups is 1. The van der Waals surface area contributed by atoms with Crippen LogP contribution in [0.2, 0.25) is 0 Å². The number of hydrogen-bond acceptors (Lipinski definition) is 2. The summed E-state index contributed by atoms with van der Waals surface area (Å²) in [6, 6.07) is 6.21. The summed E-state index contributed by atoms with van der Waals surface area (Å²) >= 11 is 5.52. The summed E-state index contributed by atoms with van der Waals surface area (Å²) in [5.41, 5.74) is 8.23. The standard InChI is InChI=1S/C11H14BrNS/c12-10-3-1-2-9(11(10)13)6-8-4-5-14-7-8/h1-3,8H,4-7,13H2. The Bertz CT molecular complexity index is 321. The largest absolute Gasteiger partial charge is 0.398 e. The summed E-state index contributed by atoms with van der Waals surface area (Å²) in [5, 5.41) is 0. The molecule has 1 saturated heterocycles. The molecule has 1 aromatic carbocycles. The number of hydrogen-bond donors (Lipinski definition) is 1. The molecule has 1 heterocycles. The molecule has 3 heteroatoms. The molecule has 1 unspecified atom stereocenters. The number of benzene rings is 1. The maximum atomic E-state index is 6.01. The van der Waals surface area contributed by atoms with Crippen molar-refractivity contribution in [2.75, 3.05) is 17.2 Å². The molecule has 1 nitrogen and oxygen atoms in total. The van der Waals surface area contributed by atoms with Gasteiger partial charge in [-0.2, -0.15) is 11.8 Å². The maximum Gasteiger partial charge on any atom is 0.0491 e. The third-order valence-corrected chi connectivity index (χ3v) is 4.60. The Morgan fingerprint density at radius 2 is 2.36 bits per heavy atom. The van der Waals surface area contributed by atoms with Gasteiger partial charge in [0.15, 0.2) is 0 Å². The highest BCUT2D eigenvalue weighted by atomic mass is 79.9. The molecule has 2 rings (SSSR count). The quantitative estimate of drug-likeness (QED) is 0.836. The molecule has 1 fully saturated rings. The van der Waals surface area contributed by atoms with Gasteiger partial charge in [0, 0.05) is 10.2 Å². The zero-order valence-corrected chi connectivity index (χ0v) is 10.4. The third-order valence-electron chi connectivity index (χ3n) is 2.68. The van der Waals surface area contributed by atoms with Crippen LogP contribution in [0.15, 0.2) is 22.7 Å². The van der Waals surface area contributed by atoms with Crippen molar-refractivity contribution in [2.24, 2.45) is 5.92 Å². The first-order valence-electron chi connectivity index (χ1n) is 4.88. The van der Waals surface area contributed by atoms with Gasteiger partial charge in [-0.3, -0.25) is 0 Å². The molecule has 0 amide bonds. The molecule has 2 N–H and O–H groups in total. The SMILES string of the molecule is Nc1c(Br)cccc1CC1CCSC1. The Morgan fingerprint density at radius 1 is 1.50 bits per heavy atom. The molecular formula is C11H14BrNS. The van der Waals surface area contributed by atoms with Gasteiger partial charge < -0.3 is 5.73 Å². The molecule has 14 heavy (non-hydrogen) atoms. The van der Waals surface area contributed by atoms with Gasteiger partial charge in [0.2, 0.25) is 0 Å². The van der Waals surface area contributed by atoms with Gasteiger partial charge in [0.1, 0.15) is 0 Å². The van der Waals surface area contributed by atoms with Gasteiger partial charge in [-0.25, -0.2) is 0 Å². The van der Waals surface area contributed by atoms with Crippen molar-refractivity contribution in [2.45, 2.75) is 12.8 Å². The van der Waals surface area contributed by atoms with Crippen molar-refractivity contribution >= 4 is 33.4 Å². The van der Waals surface area contributed by atoms with E-state index in [0.717, 1.165) is 22.5 Å². The van der Waals surface area contributed by atoms with Crippen LogP contribution in [0.25, 0.3) is 0 Å². The van der Waals surface area contributed by atoms with Gasteiger partial charge in [-0.1, -0.05) is 12.1 Å². The minimum atomic E-state index is 0.830. The first-order chi connectivity index (χ1) is 6.77. The Labute approximate surface area is 97.6 Å². The summed E-state index contributed by atoms with van der Waals surface area (Å²) < 4.78 is 1.03. The Kier molecular flexibility index (Phi) is 3.39. The molecule has 1 aliphatic heterocycles. The van der Waals surface area contributed by atoms with Crippen LogP contribution in [0.3, 0.4) is 0 Å². The fourth-order valence-corrected chi connectivity index (χ4v) is 3.51. The summed E-state index contributed by atoms with van der Waals surface area (Å²) in [6.45, 7) is 0. The number of halogens is 1. The molecule has 0 spiro atoms. The van der Waals surface area contributed by atoms with Crippen LogP contribution in [-0.4, -0.2) is 11.5 Å². The highest BCUT2D eigenvalue weighted by Crippen LogP contribution is 2.30. The van der Waals surface area contributed by atoms with Crippen LogP contribution in [0.5, 0.6) is 0 Å². The fourth-order valence-electron chi connectivity index (χ4n) is 1.82. The van der Waals surface area contributed by atoms with E-state index in [1.807, 2.05) is 6.07 Å². The van der Waals surface area contributed by atoms with Crippen molar-refractivity contribution < 1.29 is 0 Å². The number of nitrogens with two attached hydrogens (primary N) is 1. The van der Waals surface area contributed by atoms with Crippen LogP contribution < -0.4 is 5.73 Å². The predicted molar refractivity (Wildman–Crippen MR) is 67.7 cm³/mol. The number of nitrogen functional groups attached to an aromatic ring is 1. The van der Waals surface area contributed by atoms with E-state index >= 15 is 0 Å². The summed E-state index contributed by atoms with van der Waals surface area (Å²) in [7, 11) is 0. The van der Waals surface area contributed by atoms with E-state index in [2.05, 4.69) is 39.8 Å². The van der Waals surface area contributed by atoms with E-state index in [0.29, 0.717) is 0 Å². The summed E-state index contributed by atoms with van der Waals surface area (Å²) in [6.07, 6.45) is 2.48. The Hall–Kier alpha value is -0.150. The fraction of sp³-hybridized carbons (Fsp3) is 0.455. The van der Waals surface area contributed by atoms with Crippen LogP contribution >= 0.6 is 27.7 Å². The second-order valence-corrected chi connectivity index (χ2v) is 5.75. The summed E-state index contributed by atoms with van der Waals surface area (Å²) in [4.78, 5) is 0. The van der Waals surface area contributed by atoms with Crippen LogP contribution in [0, 0.1) is 5.92 Å². The lowest BCUT2D eigenvalue weighted by Crippen LogP contribution is -2.05. The Balaban J connectivity index is 2.11. The topological polar surface area (TPSA) is 26.0 Å². The minimum absolute atomic E-state index is 0.830. The first-order valence-corrected chi connectivity index (χ1v) is 6.83. The van der Waals surface area contributed by atoms with Gasteiger partial charge >= 0.3 is 0 Å². The Morgan fingerprint density at radius 3 is 3.07 bits per heavy atom. The summed E-state index contributed by atoms with van der Waals surface area (Å²) in [5.74, 6) is 3.45. The van der Waals surface area contributed by atoms with E-state index in [1.165, 1.54) is 23.5 Å². The van der Waals surface area contributed by atoms with Crippen molar-refractivity contribution in [3.8, 4) is 0 Å². The van der Waals surface area contributed by atoms with Crippen LogP contribution in [-0.2, 0) is 6.42 Å². The molecule has 1 atom stereocenters. The van der Waals surface area contributed by atoms with Gasteiger partial charge in [-0.05, 0) is 57.8 Å². The van der Waals surface area contributed by atoms with Gasteiger partial charge in [0.25, 0.3) is 0 Å². The molecule has 0 bridgehead atoms.